The van der Waals surface area contributed by atoms with Gasteiger partial charge in [-0.2, -0.15) is 4.31 Å². The molecule has 1 aliphatic heterocycles. The van der Waals surface area contributed by atoms with Crippen molar-refractivity contribution in [1.82, 2.24) is 4.31 Å². The lowest BCUT2D eigenvalue weighted by molar-refractivity contribution is -0.119. The molecule has 2 aromatic rings. The first-order valence-corrected chi connectivity index (χ1v) is 12.3. The second kappa shape index (κ2) is 7.89. The maximum Gasteiger partial charge on any atom is 0.244 e. The minimum Gasteiger partial charge on any atom is -0.273 e. The summed E-state index contributed by atoms with van der Waals surface area (Å²) in [5.41, 5.74) is 1.42. The van der Waals surface area contributed by atoms with Crippen molar-refractivity contribution in [3.8, 4) is 0 Å². The number of aryl methyl sites for hydroxylation is 1. The van der Waals surface area contributed by atoms with Gasteiger partial charge >= 0.3 is 0 Å². The molecule has 1 unspecified atom stereocenters. The van der Waals surface area contributed by atoms with Gasteiger partial charge in [0.05, 0.1) is 22.3 Å². The van der Waals surface area contributed by atoms with Gasteiger partial charge in [-0.15, -0.1) is 0 Å². The molecular formula is C20H24N2O5S2. The summed E-state index contributed by atoms with van der Waals surface area (Å²) in [5.74, 6) is -1.37. The standard InChI is InChI=1S/C20H24N2O5S2/c1-4-21(13-17-8-6-5-7-9-17)29(26,27)19-11-10-18(12-15(19)2)22-20(23)16(3)14-28(22,24)25/h5-12,16H,4,13-14H2,1-3H3. The number of carbonyl (C=O) groups is 1. The molecule has 1 amide bonds. The average Bonchev–Trinajstić information content (AvgIpc) is 2.86. The van der Waals surface area contributed by atoms with Crippen LogP contribution in [0.4, 0.5) is 5.69 Å². The van der Waals surface area contributed by atoms with Crippen LogP contribution in [0.25, 0.3) is 0 Å². The zero-order valence-corrected chi connectivity index (χ0v) is 18.2. The van der Waals surface area contributed by atoms with Crippen LogP contribution in [-0.4, -0.2) is 39.3 Å². The largest absolute Gasteiger partial charge is 0.273 e. The molecule has 0 bridgehead atoms. The molecule has 2 aromatic carbocycles. The molecule has 0 saturated carbocycles. The normalized spacial score (nSPS) is 19.1. The van der Waals surface area contributed by atoms with Gasteiger partial charge in [0.1, 0.15) is 0 Å². The number of nitrogens with zero attached hydrogens (tertiary/aromatic N) is 2. The third-order valence-electron chi connectivity index (χ3n) is 4.93. The van der Waals surface area contributed by atoms with Crippen molar-refractivity contribution in [2.45, 2.75) is 32.2 Å². The first kappa shape index (κ1) is 21.5. The number of hydrogen-bond donors (Lipinski definition) is 0. The highest BCUT2D eigenvalue weighted by Gasteiger charge is 2.42. The summed E-state index contributed by atoms with van der Waals surface area (Å²) in [7, 11) is -7.53. The molecule has 1 heterocycles. The summed E-state index contributed by atoms with van der Waals surface area (Å²) >= 11 is 0. The van der Waals surface area contributed by atoms with E-state index in [0.717, 1.165) is 9.87 Å². The Balaban J connectivity index is 1.96. The molecule has 1 atom stereocenters. The summed E-state index contributed by atoms with van der Waals surface area (Å²) in [6.07, 6.45) is 0. The molecule has 0 aliphatic carbocycles. The lowest BCUT2D eigenvalue weighted by atomic mass is 10.2. The molecule has 7 nitrogen and oxygen atoms in total. The summed E-state index contributed by atoms with van der Waals surface area (Å²) in [6.45, 7) is 5.45. The lowest BCUT2D eigenvalue weighted by Crippen LogP contribution is -2.32. The van der Waals surface area contributed by atoms with Crippen molar-refractivity contribution in [3.05, 3.63) is 59.7 Å². The molecule has 29 heavy (non-hydrogen) atoms. The number of benzene rings is 2. The number of rotatable bonds is 6. The van der Waals surface area contributed by atoms with Crippen LogP contribution in [-0.2, 0) is 31.4 Å². The van der Waals surface area contributed by atoms with Gasteiger partial charge in [-0.1, -0.05) is 44.2 Å². The van der Waals surface area contributed by atoms with E-state index in [-0.39, 0.29) is 29.4 Å². The molecule has 9 heteroatoms. The van der Waals surface area contributed by atoms with E-state index in [1.807, 2.05) is 30.3 Å². The maximum absolute atomic E-state index is 13.2. The Morgan fingerprint density at radius 2 is 1.79 bits per heavy atom. The van der Waals surface area contributed by atoms with E-state index in [2.05, 4.69) is 0 Å². The quantitative estimate of drug-likeness (QED) is 0.694. The second-order valence-corrected chi connectivity index (χ2v) is 10.9. The van der Waals surface area contributed by atoms with E-state index in [1.54, 1.807) is 20.8 Å². The molecule has 156 valence electrons. The molecule has 3 rings (SSSR count). The van der Waals surface area contributed by atoms with Crippen LogP contribution in [0, 0.1) is 12.8 Å². The van der Waals surface area contributed by atoms with Gasteiger partial charge in [-0.3, -0.25) is 4.79 Å². The Bertz CT molecular complexity index is 1130. The predicted octanol–water partition coefficient (Wildman–Crippen LogP) is 2.52. The van der Waals surface area contributed by atoms with Crippen molar-refractivity contribution >= 4 is 31.6 Å². The second-order valence-electron chi connectivity index (χ2n) is 7.15. The Hall–Kier alpha value is -2.23. The third kappa shape index (κ3) is 4.08. The van der Waals surface area contributed by atoms with Gasteiger partial charge in [0.15, 0.2) is 0 Å². The fourth-order valence-corrected chi connectivity index (χ4v) is 6.88. The highest BCUT2D eigenvalue weighted by molar-refractivity contribution is 7.94. The van der Waals surface area contributed by atoms with Crippen LogP contribution in [0.15, 0.2) is 53.4 Å². The lowest BCUT2D eigenvalue weighted by Gasteiger charge is -2.23. The molecule has 0 aromatic heterocycles. The van der Waals surface area contributed by atoms with Crippen molar-refractivity contribution in [2.24, 2.45) is 5.92 Å². The van der Waals surface area contributed by atoms with Gasteiger partial charge in [0, 0.05) is 13.1 Å². The number of anilines is 1. The first-order chi connectivity index (χ1) is 13.6. The smallest absolute Gasteiger partial charge is 0.244 e. The van der Waals surface area contributed by atoms with Crippen LogP contribution < -0.4 is 4.31 Å². The molecule has 1 aliphatic rings. The van der Waals surface area contributed by atoms with E-state index in [1.165, 1.54) is 22.5 Å². The van der Waals surface area contributed by atoms with Gasteiger partial charge < -0.3 is 0 Å². The van der Waals surface area contributed by atoms with Gasteiger partial charge in [0.2, 0.25) is 26.0 Å². The summed E-state index contributed by atoms with van der Waals surface area (Å²) in [6, 6.07) is 13.5. The topological polar surface area (TPSA) is 91.8 Å². The molecule has 0 radical (unpaired) electrons. The SMILES string of the molecule is CCN(Cc1ccccc1)S(=O)(=O)c1ccc(N2C(=O)C(C)CS2(=O)=O)cc1C. The zero-order valence-electron chi connectivity index (χ0n) is 16.6. The van der Waals surface area contributed by atoms with Crippen LogP contribution in [0.1, 0.15) is 25.0 Å². The van der Waals surface area contributed by atoms with Crippen molar-refractivity contribution in [2.75, 3.05) is 16.6 Å². The Morgan fingerprint density at radius 3 is 2.31 bits per heavy atom. The maximum atomic E-state index is 13.2. The monoisotopic (exact) mass is 436 g/mol. The first-order valence-electron chi connectivity index (χ1n) is 9.29. The molecular weight excluding hydrogens is 412 g/mol. The van der Waals surface area contributed by atoms with E-state index < -0.39 is 31.9 Å². The third-order valence-corrected chi connectivity index (χ3v) is 8.88. The fourth-order valence-electron chi connectivity index (χ4n) is 3.43. The number of sulfonamides is 2. The number of carbonyl (C=O) groups excluding carboxylic acids is 1. The van der Waals surface area contributed by atoms with Crippen LogP contribution in [0.3, 0.4) is 0 Å². The summed E-state index contributed by atoms with van der Waals surface area (Å²) < 4.78 is 53.2. The highest BCUT2D eigenvalue weighted by atomic mass is 32.2. The minimum atomic E-state index is -3.79. The Morgan fingerprint density at radius 1 is 1.14 bits per heavy atom. The van der Waals surface area contributed by atoms with Crippen molar-refractivity contribution in [1.29, 1.82) is 0 Å². The molecule has 0 N–H and O–H groups in total. The number of hydrogen-bond acceptors (Lipinski definition) is 5. The van der Waals surface area contributed by atoms with Gasteiger partial charge in [-0.25, -0.2) is 21.1 Å². The summed E-state index contributed by atoms with van der Waals surface area (Å²) in [4.78, 5) is 12.4. The van der Waals surface area contributed by atoms with Crippen LogP contribution in [0.5, 0.6) is 0 Å². The number of amides is 1. The fraction of sp³-hybridized carbons (Fsp3) is 0.350. The average molecular weight is 437 g/mol. The van der Waals surface area contributed by atoms with Crippen LogP contribution in [0.2, 0.25) is 0 Å². The van der Waals surface area contributed by atoms with E-state index >= 15 is 0 Å². The van der Waals surface area contributed by atoms with Gasteiger partial charge in [0.25, 0.3) is 0 Å². The Labute approximate surface area is 172 Å². The molecule has 1 fully saturated rings. The van der Waals surface area contributed by atoms with E-state index in [0.29, 0.717) is 5.56 Å². The van der Waals surface area contributed by atoms with E-state index in [4.69, 9.17) is 0 Å². The van der Waals surface area contributed by atoms with Crippen molar-refractivity contribution in [3.63, 3.8) is 0 Å². The molecule has 1 saturated heterocycles. The van der Waals surface area contributed by atoms with Crippen LogP contribution >= 0.6 is 0 Å². The Kier molecular flexibility index (Phi) is 5.84. The highest BCUT2D eigenvalue weighted by Crippen LogP contribution is 2.31. The van der Waals surface area contributed by atoms with Crippen molar-refractivity contribution < 1.29 is 21.6 Å². The van der Waals surface area contributed by atoms with Gasteiger partial charge in [-0.05, 0) is 36.2 Å². The minimum absolute atomic E-state index is 0.0936. The van der Waals surface area contributed by atoms with E-state index in [9.17, 15) is 21.6 Å². The molecule has 0 spiro atoms. The zero-order chi connectivity index (χ0) is 21.4. The predicted molar refractivity (Wildman–Crippen MR) is 111 cm³/mol. The summed E-state index contributed by atoms with van der Waals surface area (Å²) in [5, 5.41) is 0.